The molecule has 0 spiro atoms. The lowest BCUT2D eigenvalue weighted by molar-refractivity contribution is -0.138. The van der Waals surface area contributed by atoms with E-state index in [1.807, 2.05) is 0 Å². The summed E-state index contributed by atoms with van der Waals surface area (Å²) in [6.45, 7) is 5.75. The summed E-state index contributed by atoms with van der Waals surface area (Å²) in [7, 11) is 0. The number of ether oxygens (including phenoxy) is 1. The average Bonchev–Trinajstić information content (AvgIpc) is 2.98. The molecular weight excluding hydrogens is 276 g/mol. The first kappa shape index (κ1) is 14.9. The number of likely N-dealkylation sites (tertiary alicyclic amines) is 1. The first-order valence-electron chi connectivity index (χ1n) is 6.56. The largest absolute Gasteiger partial charge is 0.457 e. The molecule has 21 heavy (non-hydrogen) atoms. The van der Waals surface area contributed by atoms with Gasteiger partial charge in [-0.2, -0.15) is 0 Å². The van der Waals surface area contributed by atoms with E-state index in [9.17, 15) is 14.4 Å². The average molecular weight is 292 g/mol. The number of esters is 1. The maximum absolute atomic E-state index is 11.7. The van der Waals surface area contributed by atoms with E-state index in [0.29, 0.717) is 12.2 Å². The van der Waals surface area contributed by atoms with Crippen LogP contribution in [0.1, 0.15) is 29.0 Å². The van der Waals surface area contributed by atoms with Crippen LogP contribution in [0.25, 0.3) is 0 Å². The number of hydrogen-bond acceptors (Lipinski definition) is 6. The van der Waals surface area contributed by atoms with Crippen molar-refractivity contribution >= 4 is 17.8 Å². The van der Waals surface area contributed by atoms with Gasteiger partial charge in [0.1, 0.15) is 6.61 Å². The van der Waals surface area contributed by atoms with E-state index in [2.05, 4.69) is 16.9 Å². The van der Waals surface area contributed by atoms with Crippen molar-refractivity contribution < 1.29 is 19.1 Å². The molecule has 1 aliphatic rings. The molecule has 0 saturated carbocycles. The van der Waals surface area contributed by atoms with Crippen LogP contribution in [0.5, 0.6) is 0 Å². The van der Waals surface area contributed by atoms with Gasteiger partial charge in [0.2, 0.25) is 11.8 Å². The number of carbonyl (C=O) groups is 3. The maximum Gasteiger partial charge on any atom is 0.361 e. The summed E-state index contributed by atoms with van der Waals surface area (Å²) in [5.74, 6) is -0.932. The predicted molar refractivity (Wildman–Crippen MR) is 71.2 cm³/mol. The lowest BCUT2D eigenvalue weighted by Gasteiger charge is -2.13. The summed E-state index contributed by atoms with van der Waals surface area (Å²) in [6.07, 6.45) is 1.98. The second-order valence-electron chi connectivity index (χ2n) is 4.57. The van der Waals surface area contributed by atoms with Gasteiger partial charge in [-0.1, -0.05) is 17.9 Å². The number of amides is 2. The third kappa shape index (κ3) is 3.15. The number of imide groups is 1. The van der Waals surface area contributed by atoms with Gasteiger partial charge in [-0.3, -0.25) is 14.5 Å². The highest BCUT2D eigenvalue weighted by Crippen LogP contribution is 2.12. The molecule has 0 bridgehead atoms. The Morgan fingerprint density at radius 2 is 2.00 bits per heavy atom. The molecule has 1 saturated heterocycles. The minimum Gasteiger partial charge on any atom is -0.457 e. The summed E-state index contributed by atoms with van der Waals surface area (Å²) < 4.78 is 6.37. The van der Waals surface area contributed by atoms with Crippen molar-refractivity contribution in [3.8, 4) is 0 Å². The molecule has 8 nitrogen and oxygen atoms in total. The van der Waals surface area contributed by atoms with E-state index in [1.54, 1.807) is 6.92 Å². The number of hydrogen-bond donors (Lipinski definition) is 0. The second-order valence-corrected chi connectivity index (χ2v) is 4.57. The molecule has 0 aliphatic carbocycles. The molecule has 2 rings (SSSR count). The Bertz CT molecular complexity index is 577. The molecule has 0 unspecified atom stereocenters. The van der Waals surface area contributed by atoms with Crippen LogP contribution in [0.15, 0.2) is 12.7 Å². The molecule has 2 heterocycles. The Balaban J connectivity index is 2.00. The van der Waals surface area contributed by atoms with E-state index in [-0.39, 0.29) is 43.5 Å². The normalized spacial score (nSPS) is 14.6. The van der Waals surface area contributed by atoms with Crippen LogP contribution >= 0.6 is 0 Å². The summed E-state index contributed by atoms with van der Waals surface area (Å²) in [4.78, 5) is 35.9. The third-order valence-corrected chi connectivity index (χ3v) is 3.20. The number of nitrogens with zero attached hydrogens (tertiary/aromatic N) is 4. The SMILES string of the molecule is C=CCOC(=O)c1nnn(CCN2C(=O)CCC2=O)c1C. The van der Waals surface area contributed by atoms with E-state index >= 15 is 0 Å². The van der Waals surface area contributed by atoms with Crippen LogP contribution in [-0.4, -0.2) is 50.8 Å². The Hall–Kier alpha value is -2.51. The van der Waals surface area contributed by atoms with Crippen molar-refractivity contribution in [1.82, 2.24) is 19.9 Å². The first-order chi connectivity index (χ1) is 10.0. The van der Waals surface area contributed by atoms with Crippen molar-refractivity contribution in [2.75, 3.05) is 13.2 Å². The molecule has 8 heteroatoms. The van der Waals surface area contributed by atoms with Gasteiger partial charge in [0.25, 0.3) is 0 Å². The molecule has 2 amide bonds. The van der Waals surface area contributed by atoms with Gasteiger partial charge in [0.15, 0.2) is 5.69 Å². The van der Waals surface area contributed by atoms with Gasteiger partial charge in [-0.15, -0.1) is 5.10 Å². The highest BCUT2D eigenvalue weighted by molar-refractivity contribution is 6.01. The van der Waals surface area contributed by atoms with Crippen LogP contribution in [0.2, 0.25) is 0 Å². The van der Waals surface area contributed by atoms with Gasteiger partial charge >= 0.3 is 5.97 Å². The predicted octanol–water partition coefficient (Wildman–Crippen LogP) is 0.0783. The van der Waals surface area contributed by atoms with Crippen LogP contribution < -0.4 is 0 Å². The molecule has 1 aromatic heterocycles. The zero-order valence-electron chi connectivity index (χ0n) is 11.7. The minimum absolute atomic E-state index is 0.0991. The summed E-state index contributed by atoms with van der Waals surface area (Å²) >= 11 is 0. The molecule has 0 N–H and O–H groups in total. The molecule has 0 radical (unpaired) electrons. The standard InChI is InChI=1S/C13H16N4O4/c1-3-8-21-13(20)12-9(2)17(15-14-12)7-6-16-10(18)4-5-11(16)19/h3H,1,4-8H2,2H3. The van der Waals surface area contributed by atoms with Crippen molar-refractivity contribution in [3.05, 3.63) is 24.0 Å². The highest BCUT2D eigenvalue weighted by atomic mass is 16.5. The van der Waals surface area contributed by atoms with Gasteiger partial charge in [-0.25, -0.2) is 9.48 Å². The fourth-order valence-electron chi connectivity index (χ4n) is 2.03. The van der Waals surface area contributed by atoms with Crippen LogP contribution in [-0.2, 0) is 20.9 Å². The quantitative estimate of drug-likeness (QED) is 0.418. The number of carbonyl (C=O) groups excluding carboxylic acids is 3. The van der Waals surface area contributed by atoms with E-state index in [1.165, 1.54) is 15.7 Å². The van der Waals surface area contributed by atoms with Crippen LogP contribution in [0.3, 0.4) is 0 Å². The molecule has 1 aromatic rings. The summed E-state index contributed by atoms with van der Waals surface area (Å²) in [5.41, 5.74) is 0.652. The number of rotatable bonds is 6. The second kappa shape index (κ2) is 6.29. The maximum atomic E-state index is 11.7. The first-order valence-corrected chi connectivity index (χ1v) is 6.56. The monoisotopic (exact) mass is 292 g/mol. The number of aromatic nitrogens is 3. The Kier molecular flexibility index (Phi) is 4.46. The van der Waals surface area contributed by atoms with E-state index in [0.717, 1.165) is 0 Å². The van der Waals surface area contributed by atoms with E-state index in [4.69, 9.17) is 4.74 Å². The van der Waals surface area contributed by atoms with Gasteiger partial charge in [0.05, 0.1) is 12.2 Å². The Labute approximate surface area is 121 Å². The Morgan fingerprint density at radius 3 is 2.62 bits per heavy atom. The fourth-order valence-corrected chi connectivity index (χ4v) is 2.03. The molecule has 0 aromatic carbocycles. The van der Waals surface area contributed by atoms with Gasteiger partial charge in [-0.05, 0) is 6.92 Å². The Morgan fingerprint density at radius 1 is 1.33 bits per heavy atom. The lowest BCUT2D eigenvalue weighted by atomic mass is 10.3. The molecule has 0 atom stereocenters. The summed E-state index contributed by atoms with van der Waals surface area (Å²) in [5, 5.41) is 7.61. The molecular formula is C13H16N4O4. The van der Waals surface area contributed by atoms with Gasteiger partial charge < -0.3 is 4.74 Å². The van der Waals surface area contributed by atoms with Crippen molar-refractivity contribution in [2.24, 2.45) is 0 Å². The molecule has 1 fully saturated rings. The third-order valence-electron chi connectivity index (χ3n) is 3.20. The smallest absolute Gasteiger partial charge is 0.361 e. The zero-order valence-corrected chi connectivity index (χ0v) is 11.7. The molecule has 1 aliphatic heterocycles. The van der Waals surface area contributed by atoms with Crippen LogP contribution in [0.4, 0.5) is 0 Å². The van der Waals surface area contributed by atoms with Crippen molar-refractivity contribution in [1.29, 1.82) is 0 Å². The van der Waals surface area contributed by atoms with Crippen molar-refractivity contribution in [3.63, 3.8) is 0 Å². The van der Waals surface area contributed by atoms with Gasteiger partial charge in [0, 0.05) is 19.4 Å². The zero-order chi connectivity index (χ0) is 15.4. The summed E-state index contributed by atoms with van der Waals surface area (Å²) in [6, 6.07) is 0. The fraction of sp³-hybridized carbons (Fsp3) is 0.462. The van der Waals surface area contributed by atoms with E-state index < -0.39 is 5.97 Å². The topological polar surface area (TPSA) is 94.4 Å². The lowest BCUT2D eigenvalue weighted by Crippen LogP contribution is -2.32. The van der Waals surface area contributed by atoms with Crippen molar-refractivity contribution in [2.45, 2.75) is 26.3 Å². The minimum atomic E-state index is -0.577. The molecule has 112 valence electrons. The highest BCUT2D eigenvalue weighted by Gasteiger charge is 2.28. The van der Waals surface area contributed by atoms with Crippen LogP contribution in [0, 0.1) is 6.92 Å².